The van der Waals surface area contributed by atoms with Crippen LogP contribution in [0.15, 0.2) is 18.2 Å². The molecule has 6 heteroatoms. The van der Waals surface area contributed by atoms with Crippen LogP contribution in [-0.2, 0) is 0 Å². The van der Waals surface area contributed by atoms with E-state index < -0.39 is 0 Å². The van der Waals surface area contributed by atoms with E-state index in [1.165, 1.54) is 6.42 Å². The molecule has 0 atom stereocenters. The fourth-order valence-electron chi connectivity index (χ4n) is 2.72. The van der Waals surface area contributed by atoms with E-state index in [-0.39, 0.29) is 18.7 Å². The van der Waals surface area contributed by atoms with Gasteiger partial charge in [0.05, 0.1) is 16.7 Å². The minimum Gasteiger partial charge on any atom is -0.395 e. The van der Waals surface area contributed by atoms with Crippen molar-refractivity contribution in [3.63, 3.8) is 0 Å². The molecule has 1 aliphatic rings. The number of halogens is 2. The van der Waals surface area contributed by atoms with Crippen LogP contribution in [0.4, 0.5) is 10.5 Å². The number of nitrogens with one attached hydrogen (secondary N) is 1. The molecule has 21 heavy (non-hydrogen) atoms. The van der Waals surface area contributed by atoms with Gasteiger partial charge in [-0.15, -0.1) is 0 Å². The highest BCUT2D eigenvalue weighted by Gasteiger charge is 2.25. The first-order valence-electron chi connectivity index (χ1n) is 7.25. The fourth-order valence-corrected chi connectivity index (χ4v) is 3.02. The highest BCUT2D eigenvalue weighted by molar-refractivity contribution is 6.42. The lowest BCUT2D eigenvalue weighted by Gasteiger charge is -2.34. The van der Waals surface area contributed by atoms with Crippen LogP contribution in [0.3, 0.4) is 0 Å². The third-order valence-electron chi connectivity index (χ3n) is 3.79. The Morgan fingerprint density at radius 1 is 1.24 bits per heavy atom. The normalized spacial score (nSPS) is 15.8. The van der Waals surface area contributed by atoms with Crippen molar-refractivity contribution in [2.75, 3.05) is 18.5 Å². The predicted molar refractivity (Wildman–Crippen MR) is 86.1 cm³/mol. The SMILES string of the molecule is O=C(Nc1ccc(Cl)c(Cl)c1)N(CCO)C1CCCCC1. The van der Waals surface area contributed by atoms with Crippen molar-refractivity contribution in [2.24, 2.45) is 0 Å². The highest BCUT2D eigenvalue weighted by atomic mass is 35.5. The molecule has 0 aliphatic heterocycles. The number of hydrogen-bond acceptors (Lipinski definition) is 2. The van der Waals surface area contributed by atoms with E-state index >= 15 is 0 Å². The van der Waals surface area contributed by atoms with Crippen molar-refractivity contribution in [3.05, 3.63) is 28.2 Å². The van der Waals surface area contributed by atoms with Gasteiger partial charge in [-0.05, 0) is 31.0 Å². The van der Waals surface area contributed by atoms with Crippen molar-refractivity contribution in [3.8, 4) is 0 Å². The third-order valence-corrected chi connectivity index (χ3v) is 4.53. The van der Waals surface area contributed by atoms with Gasteiger partial charge in [-0.3, -0.25) is 0 Å². The van der Waals surface area contributed by atoms with Gasteiger partial charge >= 0.3 is 6.03 Å². The molecule has 0 saturated heterocycles. The topological polar surface area (TPSA) is 52.6 Å². The maximum atomic E-state index is 12.4. The molecule has 1 aromatic rings. The Morgan fingerprint density at radius 3 is 2.57 bits per heavy atom. The zero-order chi connectivity index (χ0) is 15.2. The van der Waals surface area contributed by atoms with Crippen LogP contribution in [0.2, 0.25) is 10.0 Å². The number of anilines is 1. The number of urea groups is 1. The Labute approximate surface area is 135 Å². The molecule has 0 aromatic heterocycles. The van der Waals surface area contributed by atoms with Crippen LogP contribution >= 0.6 is 23.2 Å². The number of nitrogens with zero attached hydrogens (tertiary/aromatic N) is 1. The van der Waals surface area contributed by atoms with Gasteiger partial charge in [0.1, 0.15) is 0 Å². The van der Waals surface area contributed by atoms with Gasteiger partial charge < -0.3 is 15.3 Å². The van der Waals surface area contributed by atoms with Gasteiger partial charge in [-0.2, -0.15) is 0 Å². The lowest BCUT2D eigenvalue weighted by atomic mass is 9.94. The van der Waals surface area contributed by atoms with Gasteiger partial charge in [0.2, 0.25) is 0 Å². The zero-order valence-corrected chi connectivity index (χ0v) is 13.3. The average molecular weight is 331 g/mol. The summed E-state index contributed by atoms with van der Waals surface area (Å²) in [6.07, 6.45) is 5.47. The second-order valence-corrected chi connectivity index (χ2v) is 6.08. The summed E-state index contributed by atoms with van der Waals surface area (Å²) in [5, 5.41) is 12.9. The molecule has 1 fully saturated rings. The quantitative estimate of drug-likeness (QED) is 0.871. The number of aliphatic hydroxyl groups excluding tert-OH is 1. The molecule has 1 aliphatic carbocycles. The Bertz CT molecular complexity index is 491. The number of carbonyl (C=O) groups is 1. The molecule has 1 aromatic carbocycles. The highest BCUT2D eigenvalue weighted by Crippen LogP contribution is 2.26. The van der Waals surface area contributed by atoms with Gasteiger partial charge in [-0.25, -0.2) is 4.79 Å². The molecule has 0 heterocycles. The van der Waals surface area contributed by atoms with E-state index in [1.54, 1.807) is 23.1 Å². The molecule has 0 unspecified atom stereocenters. The zero-order valence-electron chi connectivity index (χ0n) is 11.8. The lowest BCUT2D eigenvalue weighted by Crippen LogP contribution is -2.45. The Balaban J connectivity index is 2.05. The van der Waals surface area contributed by atoms with E-state index in [9.17, 15) is 9.90 Å². The lowest BCUT2D eigenvalue weighted by molar-refractivity contribution is 0.144. The number of carbonyl (C=O) groups excluding carboxylic acids is 1. The van der Waals surface area contributed by atoms with Crippen LogP contribution in [0.1, 0.15) is 32.1 Å². The van der Waals surface area contributed by atoms with Crippen molar-refractivity contribution in [2.45, 2.75) is 38.1 Å². The predicted octanol–water partition coefficient (Wildman–Crippen LogP) is 4.15. The van der Waals surface area contributed by atoms with Crippen LogP contribution in [-0.4, -0.2) is 35.2 Å². The summed E-state index contributed by atoms with van der Waals surface area (Å²) in [4.78, 5) is 14.1. The van der Waals surface area contributed by atoms with E-state index in [1.807, 2.05) is 0 Å². The minimum atomic E-state index is -0.200. The molecule has 116 valence electrons. The monoisotopic (exact) mass is 330 g/mol. The largest absolute Gasteiger partial charge is 0.395 e. The van der Waals surface area contributed by atoms with Gasteiger partial charge in [0, 0.05) is 18.3 Å². The second-order valence-electron chi connectivity index (χ2n) is 5.27. The molecule has 2 N–H and O–H groups in total. The Kier molecular flexibility index (Phi) is 6.15. The van der Waals surface area contributed by atoms with Crippen molar-refractivity contribution in [1.29, 1.82) is 0 Å². The van der Waals surface area contributed by atoms with Crippen LogP contribution in [0.5, 0.6) is 0 Å². The summed E-state index contributed by atoms with van der Waals surface area (Å²) in [6.45, 7) is 0.309. The number of benzene rings is 1. The molecule has 0 radical (unpaired) electrons. The first-order chi connectivity index (χ1) is 10.1. The summed E-state index contributed by atoms with van der Waals surface area (Å²) in [6, 6.07) is 4.99. The summed E-state index contributed by atoms with van der Waals surface area (Å²) >= 11 is 11.8. The molecule has 4 nitrogen and oxygen atoms in total. The molecule has 2 amide bonds. The maximum absolute atomic E-state index is 12.4. The van der Waals surface area contributed by atoms with Crippen LogP contribution in [0, 0.1) is 0 Å². The smallest absolute Gasteiger partial charge is 0.322 e. The van der Waals surface area contributed by atoms with E-state index in [0.717, 1.165) is 25.7 Å². The Morgan fingerprint density at radius 2 is 1.95 bits per heavy atom. The summed E-state index contributed by atoms with van der Waals surface area (Å²) in [5.41, 5.74) is 0.605. The van der Waals surface area contributed by atoms with Crippen LogP contribution in [0.25, 0.3) is 0 Å². The molecular formula is C15H20Cl2N2O2. The number of aliphatic hydroxyl groups is 1. The summed E-state index contributed by atoms with van der Waals surface area (Å²) in [7, 11) is 0. The Hall–Kier alpha value is -0.970. The first kappa shape index (κ1) is 16.4. The van der Waals surface area contributed by atoms with Crippen molar-refractivity contribution < 1.29 is 9.90 Å². The van der Waals surface area contributed by atoms with Gasteiger partial charge in [0.25, 0.3) is 0 Å². The number of amides is 2. The standard InChI is InChI=1S/C15H20Cl2N2O2/c16-13-7-6-11(10-14(13)17)18-15(21)19(8-9-20)12-4-2-1-3-5-12/h6-7,10,12,20H,1-5,8-9H2,(H,18,21). The molecule has 2 rings (SSSR count). The van der Waals surface area contributed by atoms with Crippen LogP contribution < -0.4 is 5.32 Å². The number of hydrogen-bond donors (Lipinski definition) is 2. The minimum absolute atomic E-state index is 0.0364. The third kappa shape index (κ3) is 4.50. The van der Waals surface area contributed by atoms with E-state index in [2.05, 4.69) is 5.32 Å². The maximum Gasteiger partial charge on any atom is 0.322 e. The number of rotatable bonds is 4. The first-order valence-corrected chi connectivity index (χ1v) is 8.01. The average Bonchev–Trinajstić information content (AvgIpc) is 2.49. The molecular weight excluding hydrogens is 311 g/mol. The van der Waals surface area contributed by atoms with E-state index in [0.29, 0.717) is 22.3 Å². The van der Waals surface area contributed by atoms with Crippen molar-refractivity contribution in [1.82, 2.24) is 4.90 Å². The summed E-state index contributed by atoms with van der Waals surface area (Å²) < 4.78 is 0. The summed E-state index contributed by atoms with van der Waals surface area (Å²) in [5.74, 6) is 0. The van der Waals surface area contributed by atoms with Gasteiger partial charge in [-0.1, -0.05) is 42.5 Å². The van der Waals surface area contributed by atoms with Gasteiger partial charge in [0.15, 0.2) is 0 Å². The fraction of sp³-hybridized carbons (Fsp3) is 0.533. The molecule has 0 spiro atoms. The molecule has 1 saturated carbocycles. The van der Waals surface area contributed by atoms with Crippen molar-refractivity contribution >= 4 is 34.9 Å². The second kappa shape index (κ2) is 7.87. The van der Waals surface area contributed by atoms with E-state index in [4.69, 9.17) is 23.2 Å². The molecule has 0 bridgehead atoms.